The lowest BCUT2D eigenvalue weighted by atomic mass is 9.87. The predicted octanol–water partition coefficient (Wildman–Crippen LogP) is 3.69. The van der Waals surface area contributed by atoms with Crippen LogP contribution in [0.3, 0.4) is 0 Å². The first-order chi connectivity index (χ1) is 14.1. The number of furan rings is 1. The average molecular weight is 410 g/mol. The van der Waals surface area contributed by atoms with Crippen molar-refractivity contribution in [2.24, 2.45) is 0 Å². The fourth-order valence-corrected chi connectivity index (χ4v) is 4.42. The molecule has 1 fully saturated rings. The molecule has 29 heavy (non-hydrogen) atoms. The van der Waals surface area contributed by atoms with Crippen LogP contribution in [0.5, 0.6) is 0 Å². The Morgan fingerprint density at radius 1 is 1.24 bits per heavy atom. The van der Waals surface area contributed by atoms with Crippen molar-refractivity contribution in [1.29, 1.82) is 0 Å². The number of aromatic nitrogens is 1. The molecule has 3 heterocycles. The molecule has 0 bridgehead atoms. The lowest BCUT2D eigenvalue weighted by Gasteiger charge is -2.28. The lowest BCUT2D eigenvalue weighted by Crippen LogP contribution is -2.44. The third-order valence-corrected chi connectivity index (χ3v) is 6.07. The molecule has 0 saturated carbocycles. The maximum Gasteiger partial charge on any atom is 0.220 e. The van der Waals surface area contributed by atoms with Crippen molar-refractivity contribution in [2.45, 2.75) is 44.2 Å². The molecular weight excluding hydrogens is 386 g/mol. The Balaban J connectivity index is 1.30. The highest BCUT2D eigenvalue weighted by molar-refractivity contribution is 7.09. The van der Waals surface area contributed by atoms with Crippen molar-refractivity contribution in [3.63, 3.8) is 0 Å². The number of carbonyl (C=O) groups excluding carboxylic acids is 2. The summed E-state index contributed by atoms with van der Waals surface area (Å²) in [7, 11) is 0. The van der Waals surface area contributed by atoms with Gasteiger partial charge in [0, 0.05) is 35.7 Å². The van der Waals surface area contributed by atoms with Gasteiger partial charge < -0.3 is 15.1 Å². The van der Waals surface area contributed by atoms with Crippen molar-refractivity contribution in [2.75, 3.05) is 0 Å². The van der Waals surface area contributed by atoms with Gasteiger partial charge in [0.2, 0.25) is 11.8 Å². The molecule has 1 atom stereocenters. The summed E-state index contributed by atoms with van der Waals surface area (Å²) in [4.78, 5) is 28.8. The highest BCUT2D eigenvalue weighted by Crippen LogP contribution is 2.29. The van der Waals surface area contributed by atoms with Gasteiger partial charge in [0.15, 0.2) is 0 Å². The largest absolute Gasteiger partial charge is 0.469 e. The van der Waals surface area contributed by atoms with Crippen molar-refractivity contribution in [1.82, 2.24) is 15.6 Å². The number of carbonyl (C=O) groups is 2. The van der Waals surface area contributed by atoms with E-state index in [2.05, 4.69) is 15.6 Å². The van der Waals surface area contributed by atoms with Gasteiger partial charge in [-0.05, 0) is 25.0 Å². The van der Waals surface area contributed by atoms with Crippen molar-refractivity contribution in [3.8, 4) is 11.3 Å². The molecule has 0 radical (unpaired) electrons. The summed E-state index contributed by atoms with van der Waals surface area (Å²) in [5.41, 5.74) is 1.58. The molecule has 1 aliphatic heterocycles. The Morgan fingerprint density at radius 3 is 2.83 bits per heavy atom. The van der Waals surface area contributed by atoms with Crippen LogP contribution in [0.2, 0.25) is 0 Å². The van der Waals surface area contributed by atoms with Gasteiger partial charge in [0.1, 0.15) is 10.8 Å². The zero-order chi connectivity index (χ0) is 20.1. The van der Waals surface area contributed by atoms with E-state index in [0.29, 0.717) is 38.6 Å². The van der Waals surface area contributed by atoms with Gasteiger partial charge >= 0.3 is 0 Å². The van der Waals surface area contributed by atoms with Gasteiger partial charge in [-0.25, -0.2) is 4.98 Å². The number of hydrogen-bond donors (Lipinski definition) is 2. The van der Waals surface area contributed by atoms with E-state index < -0.39 is 5.54 Å². The molecule has 1 saturated heterocycles. The normalized spacial score (nSPS) is 18.6. The van der Waals surface area contributed by atoms with Crippen molar-refractivity contribution in [3.05, 3.63) is 64.9 Å². The number of nitrogens with zero attached hydrogens (tertiary/aromatic N) is 1. The summed E-state index contributed by atoms with van der Waals surface area (Å²) in [6.07, 6.45) is 4.36. The van der Waals surface area contributed by atoms with E-state index in [9.17, 15) is 9.59 Å². The predicted molar refractivity (Wildman–Crippen MR) is 111 cm³/mol. The van der Waals surface area contributed by atoms with Gasteiger partial charge in [0.05, 0.1) is 18.5 Å². The fourth-order valence-electron chi connectivity index (χ4n) is 3.68. The quantitative estimate of drug-likeness (QED) is 0.594. The van der Waals surface area contributed by atoms with E-state index in [4.69, 9.17) is 4.42 Å². The molecule has 4 rings (SSSR count). The highest BCUT2D eigenvalue weighted by Gasteiger charge is 2.38. The van der Waals surface area contributed by atoms with Crippen LogP contribution >= 0.6 is 11.3 Å². The van der Waals surface area contributed by atoms with E-state index >= 15 is 0 Å². The Morgan fingerprint density at radius 2 is 2.10 bits per heavy atom. The molecule has 150 valence electrons. The first-order valence-electron chi connectivity index (χ1n) is 9.72. The summed E-state index contributed by atoms with van der Waals surface area (Å²) >= 11 is 1.54. The molecular formula is C22H23N3O3S. The second kappa shape index (κ2) is 8.61. The van der Waals surface area contributed by atoms with E-state index in [0.717, 1.165) is 22.0 Å². The Hall–Kier alpha value is -2.93. The molecule has 2 aromatic heterocycles. The molecule has 2 N–H and O–H groups in total. The minimum absolute atomic E-state index is 0.0354. The van der Waals surface area contributed by atoms with E-state index in [-0.39, 0.29) is 11.8 Å². The highest BCUT2D eigenvalue weighted by atomic mass is 32.1. The number of amides is 2. The van der Waals surface area contributed by atoms with Crippen molar-refractivity contribution < 1.29 is 14.0 Å². The lowest BCUT2D eigenvalue weighted by molar-refractivity contribution is -0.122. The summed E-state index contributed by atoms with van der Waals surface area (Å²) in [6.45, 7) is 0.411. The van der Waals surface area contributed by atoms with Crippen molar-refractivity contribution >= 4 is 23.2 Å². The van der Waals surface area contributed by atoms with Crippen LogP contribution in [0.4, 0.5) is 0 Å². The maximum atomic E-state index is 12.4. The van der Waals surface area contributed by atoms with Crippen LogP contribution in [-0.2, 0) is 22.6 Å². The third-order valence-electron chi connectivity index (χ3n) is 5.22. The van der Waals surface area contributed by atoms with Crippen LogP contribution in [0.15, 0.2) is 58.5 Å². The topological polar surface area (TPSA) is 84.2 Å². The molecule has 7 heteroatoms. The second-order valence-corrected chi connectivity index (χ2v) is 8.30. The minimum Gasteiger partial charge on any atom is -0.469 e. The van der Waals surface area contributed by atoms with Crippen LogP contribution in [0, 0.1) is 0 Å². The molecule has 0 aliphatic carbocycles. The number of rotatable bonds is 8. The van der Waals surface area contributed by atoms with Crippen LogP contribution in [0.1, 0.15) is 36.5 Å². The second-order valence-electron chi connectivity index (χ2n) is 7.35. The number of benzene rings is 1. The molecule has 2 amide bonds. The van der Waals surface area contributed by atoms with Gasteiger partial charge in [-0.15, -0.1) is 11.3 Å². The monoisotopic (exact) mass is 409 g/mol. The number of hydrogen-bond acceptors (Lipinski definition) is 5. The first kappa shape index (κ1) is 19.4. The standard InChI is InChI=1S/C22H23N3O3S/c26-19(23-14-21-24-18(15-29-21)16-5-2-1-3-6-16)8-10-22(11-9-20(27)25-22)13-17-7-4-12-28-17/h1-7,12,15H,8-11,13-14H2,(H,23,26)(H,25,27). The zero-order valence-electron chi connectivity index (χ0n) is 16.0. The first-order valence-corrected chi connectivity index (χ1v) is 10.6. The van der Waals surface area contributed by atoms with E-state index in [1.165, 1.54) is 11.3 Å². The van der Waals surface area contributed by atoms with E-state index in [1.54, 1.807) is 6.26 Å². The Kier molecular flexibility index (Phi) is 5.76. The van der Waals surface area contributed by atoms with Gasteiger partial charge in [-0.2, -0.15) is 0 Å². The van der Waals surface area contributed by atoms with Gasteiger partial charge in [-0.3, -0.25) is 9.59 Å². The maximum absolute atomic E-state index is 12.4. The van der Waals surface area contributed by atoms with Gasteiger partial charge in [0.25, 0.3) is 0 Å². The molecule has 1 unspecified atom stereocenters. The van der Waals surface area contributed by atoms with Crippen LogP contribution in [0.25, 0.3) is 11.3 Å². The fraction of sp³-hybridized carbons (Fsp3) is 0.318. The summed E-state index contributed by atoms with van der Waals surface area (Å²) < 4.78 is 5.45. The van der Waals surface area contributed by atoms with Crippen LogP contribution in [-0.4, -0.2) is 22.3 Å². The number of thiazole rings is 1. The molecule has 6 nitrogen and oxygen atoms in total. The molecule has 3 aromatic rings. The molecule has 1 aromatic carbocycles. The number of nitrogens with one attached hydrogen (secondary N) is 2. The Bertz CT molecular complexity index is 968. The van der Waals surface area contributed by atoms with Gasteiger partial charge in [-0.1, -0.05) is 30.3 Å². The van der Waals surface area contributed by atoms with Crippen LogP contribution < -0.4 is 10.6 Å². The summed E-state index contributed by atoms with van der Waals surface area (Å²) in [6, 6.07) is 13.7. The molecule has 0 spiro atoms. The minimum atomic E-state index is -0.409. The average Bonchev–Trinajstić information content (AvgIpc) is 3.48. The SMILES string of the molecule is O=C(CCC1(Cc2ccco2)CCC(=O)N1)NCc1nc(-c2ccccc2)cs1. The Labute approximate surface area is 173 Å². The summed E-state index contributed by atoms with van der Waals surface area (Å²) in [5.74, 6) is 0.818. The third kappa shape index (κ3) is 4.92. The zero-order valence-corrected chi connectivity index (χ0v) is 16.8. The molecule has 1 aliphatic rings. The summed E-state index contributed by atoms with van der Waals surface area (Å²) in [5, 5.41) is 8.89. The smallest absolute Gasteiger partial charge is 0.220 e. The van der Waals surface area contributed by atoms with E-state index in [1.807, 2.05) is 47.8 Å².